The van der Waals surface area contributed by atoms with Crippen molar-refractivity contribution in [1.82, 2.24) is 29.9 Å². The first-order chi connectivity index (χ1) is 30.7. The van der Waals surface area contributed by atoms with Gasteiger partial charge in [0.25, 0.3) is 0 Å². The molecule has 290 valence electrons. The molecule has 0 atom stereocenters. The van der Waals surface area contributed by atoms with Gasteiger partial charge in [-0.05, 0) is 51.6 Å². The van der Waals surface area contributed by atoms with E-state index >= 15 is 0 Å². The van der Waals surface area contributed by atoms with Crippen molar-refractivity contribution in [3.05, 3.63) is 218 Å². The summed E-state index contributed by atoms with van der Waals surface area (Å²) in [5.74, 6) is 3.39. The van der Waals surface area contributed by atoms with E-state index in [1.807, 2.05) is 158 Å². The second kappa shape index (κ2) is 16.9. The highest BCUT2D eigenvalue weighted by atomic mass is 15.0. The molecule has 0 radical (unpaired) electrons. The minimum absolute atomic E-state index is 0.541. The van der Waals surface area contributed by atoms with Gasteiger partial charge in [0.05, 0.1) is 11.6 Å². The van der Waals surface area contributed by atoms with Crippen molar-refractivity contribution in [2.24, 2.45) is 0 Å². The summed E-state index contributed by atoms with van der Waals surface area (Å²) < 4.78 is 0. The third-order valence-electron chi connectivity index (χ3n) is 10.7. The summed E-state index contributed by atoms with van der Waals surface area (Å²) in [7, 11) is 0. The fourth-order valence-electron chi connectivity index (χ4n) is 7.61. The number of nitrogens with zero attached hydrogens (tertiary/aromatic N) is 7. The van der Waals surface area contributed by atoms with Crippen LogP contribution in [0.3, 0.4) is 0 Å². The molecule has 2 aromatic heterocycles. The Morgan fingerprint density at radius 2 is 0.565 bits per heavy atom. The van der Waals surface area contributed by atoms with Gasteiger partial charge in [0.15, 0.2) is 34.9 Å². The second-order valence-corrected chi connectivity index (χ2v) is 14.6. The quantitative estimate of drug-likeness (QED) is 0.143. The van der Waals surface area contributed by atoms with Gasteiger partial charge in [-0.25, -0.2) is 29.9 Å². The topological polar surface area (TPSA) is 101 Å². The molecular weight excluding hydrogens is 759 g/mol. The van der Waals surface area contributed by atoms with Gasteiger partial charge in [0.1, 0.15) is 0 Å². The Morgan fingerprint density at radius 3 is 1.05 bits per heavy atom. The van der Waals surface area contributed by atoms with E-state index in [1.165, 1.54) is 0 Å². The number of nitriles is 1. The van der Waals surface area contributed by atoms with Crippen molar-refractivity contribution >= 4 is 0 Å². The van der Waals surface area contributed by atoms with Crippen LogP contribution in [0.5, 0.6) is 0 Å². The van der Waals surface area contributed by atoms with Gasteiger partial charge >= 0.3 is 0 Å². The highest BCUT2D eigenvalue weighted by Crippen LogP contribution is 2.41. The number of hydrogen-bond acceptors (Lipinski definition) is 7. The van der Waals surface area contributed by atoms with Gasteiger partial charge in [-0.15, -0.1) is 0 Å². The average Bonchev–Trinajstić information content (AvgIpc) is 3.37. The van der Waals surface area contributed by atoms with E-state index in [1.54, 1.807) is 0 Å². The van der Waals surface area contributed by atoms with Crippen LogP contribution in [0.2, 0.25) is 0 Å². The van der Waals surface area contributed by atoms with Gasteiger partial charge < -0.3 is 0 Å². The SMILES string of the molecule is N#Cc1ccc(-c2cc(-c3nc(-c4ccccc4)nc(-c4ccccc4)n3)ccc2-c2ccccc2-c2nc(-c3ccccc3)nc(-c3ccccc3-c3ccccc3)n2)cc1. The lowest BCUT2D eigenvalue weighted by Crippen LogP contribution is -2.02. The maximum absolute atomic E-state index is 9.73. The summed E-state index contributed by atoms with van der Waals surface area (Å²) in [5, 5.41) is 9.73. The molecule has 0 saturated heterocycles. The standard InChI is InChI=1S/C55H35N7/c56-36-37-29-31-39(32-30-37)49-35-43(53-58-50(40-19-7-2-8-20-40)57-51(59-53)41-21-9-3-10-22-41)33-34-46(49)45-26-14-16-28-48(45)55-61-52(42-23-11-4-12-24-42)60-54(62-55)47-27-15-13-25-44(47)38-17-5-1-6-18-38/h1-35H. The predicted molar refractivity (Wildman–Crippen MR) is 247 cm³/mol. The Balaban J connectivity index is 1.17. The number of hydrogen-bond donors (Lipinski definition) is 0. The Labute approximate surface area is 359 Å². The molecule has 0 aliphatic carbocycles. The monoisotopic (exact) mass is 793 g/mol. The normalized spacial score (nSPS) is 10.9. The van der Waals surface area contributed by atoms with Gasteiger partial charge in [-0.1, -0.05) is 194 Å². The second-order valence-electron chi connectivity index (χ2n) is 14.6. The van der Waals surface area contributed by atoms with Crippen molar-refractivity contribution in [3.8, 4) is 108 Å². The van der Waals surface area contributed by atoms with E-state index in [-0.39, 0.29) is 0 Å². The first-order valence-corrected chi connectivity index (χ1v) is 20.3. The zero-order valence-electron chi connectivity index (χ0n) is 33.3. The zero-order chi connectivity index (χ0) is 41.7. The van der Waals surface area contributed by atoms with Crippen molar-refractivity contribution in [3.63, 3.8) is 0 Å². The summed E-state index contributed by atoms with van der Waals surface area (Å²) in [6.45, 7) is 0. The minimum Gasteiger partial charge on any atom is -0.208 e. The smallest absolute Gasteiger partial charge is 0.164 e. The maximum atomic E-state index is 9.73. The van der Waals surface area contributed by atoms with Crippen LogP contribution >= 0.6 is 0 Å². The first-order valence-electron chi connectivity index (χ1n) is 20.3. The molecule has 8 aromatic carbocycles. The fourth-order valence-corrected chi connectivity index (χ4v) is 7.61. The molecule has 0 aliphatic rings. The molecule has 7 heteroatoms. The van der Waals surface area contributed by atoms with E-state index in [2.05, 4.69) is 60.7 Å². The summed E-state index contributed by atoms with van der Waals surface area (Å²) in [6.07, 6.45) is 0. The van der Waals surface area contributed by atoms with Crippen LogP contribution in [0.15, 0.2) is 212 Å². The predicted octanol–water partition coefficient (Wildman–Crippen LogP) is 12.9. The van der Waals surface area contributed by atoms with Crippen LogP contribution in [-0.2, 0) is 0 Å². The minimum atomic E-state index is 0.541. The zero-order valence-corrected chi connectivity index (χ0v) is 33.3. The van der Waals surface area contributed by atoms with E-state index in [4.69, 9.17) is 29.9 Å². The molecule has 0 unspecified atom stereocenters. The van der Waals surface area contributed by atoms with Gasteiger partial charge in [-0.3, -0.25) is 0 Å². The molecule has 0 spiro atoms. The Hall–Kier alpha value is -8.73. The molecule has 0 fully saturated rings. The lowest BCUT2D eigenvalue weighted by atomic mass is 9.89. The lowest BCUT2D eigenvalue weighted by molar-refractivity contribution is 1.07. The van der Waals surface area contributed by atoms with Crippen LogP contribution in [0, 0.1) is 11.3 Å². The lowest BCUT2D eigenvalue weighted by Gasteiger charge is -2.17. The van der Waals surface area contributed by atoms with Crippen molar-refractivity contribution in [2.45, 2.75) is 0 Å². The van der Waals surface area contributed by atoms with Crippen LogP contribution in [0.1, 0.15) is 5.56 Å². The molecule has 0 N–H and O–H groups in total. The van der Waals surface area contributed by atoms with E-state index in [0.29, 0.717) is 40.5 Å². The third-order valence-corrected chi connectivity index (χ3v) is 10.7. The maximum Gasteiger partial charge on any atom is 0.164 e. The molecule has 7 nitrogen and oxygen atoms in total. The Morgan fingerprint density at radius 1 is 0.242 bits per heavy atom. The van der Waals surface area contributed by atoms with E-state index < -0.39 is 0 Å². The van der Waals surface area contributed by atoms with Crippen LogP contribution in [0.25, 0.3) is 102 Å². The first kappa shape index (κ1) is 37.5. The van der Waals surface area contributed by atoms with Crippen molar-refractivity contribution < 1.29 is 0 Å². The van der Waals surface area contributed by atoms with E-state index in [0.717, 1.165) is 66.8 Å². The van der Waals surface area contributed by atoms with Crippen LogP contribution < -0.4 is 0 Å². The summed E-state index contributed by atoms with van der Waals surface area (Å²) in [5.41, 5.74) is 11.6. The summed E-state index contributed by atoms with van der Waals surface area (Å²) in [6, 6.07) is 72.9. The molecule has 2 heterocycles. The van der Waals surface area contributed by atoms with E-state index in [9.17, 15) is 5.26 Å². The average molecular weight is 794 g/mol. The van der Waals surface area contributed by atoms with Crippen molar-refractivity contribution in [2.75, 3.05) is 0 Å². The fraction of sp³-hybridized carbons (Fsp3) is 0. The largest absolute Gasteiger partial charge is 0.208 e. The van der Waals surface area contributed by atoms with Gasteiger partial charge in [0.2, 0.25) is 0 Å². The molecule has 0 saturated carbocycles. The molecule has 10 rings (SSSR count). The van der Waals surface area contributed by atoms with Gasteiger partial charge in [-0.2, -0.15) is 5.26 Å². The molecular formula is C55H35N7. The highest BCUT2D eigenvalue weighted by molar-refractivity contribution is 5.93. The number of benzene rings is 8. The Kier molecular flexibility index (Phi) is 10.2. The molecule has 62 heavy (non-hydrogen) atoms. The molecule has 10 aromatic rings. The van der Waals surface area contributed by atoms with Crippen molar-refractivity contribution in [1.29, 1.82) is 5.26 Å². The summed E-state index contributed by atoms with van der Waals surface area (Å²) >= 11 is 0. The highest BCUT2D eigenvalue weighted by Gasteiger charge is 2.21. The van der Waals surface area contributed by atoms with Crippen LogP contribution in [0.4, 0.5) is 0 Å². The third kappa shape index (κ3) is 7.63. The molecule has 0 aliphatic heterocycles. The number of aromatic nitrogens is 6. The molecule has 0 amide bonds. The Bertz CT molecular complexity index is 3160. The molecule has 0 bridgehead atoms. The van der Waals surface area contributed by atoms with Gasteiger partial charge in [0, 0.05) is 33.4 Å². The van der Waals surface area contributed by atoms with Crippen LogP contribution in [-0.4, -0.2) is 29.9 Å². The summed E-state index contributed by atoms with van der Waals surface area (Å²) in [4.78, 5) is 30.5. The number of rotatable bonds is 9.